The number of amides is 1. The van der Waals surface area contributed by atoms with Gasteiger partial charge in [-0.15, -0.1) is 0 Å². The molecular weight excluding hydrogens is 310 g/mol. The zero-order valence-electron chi connectivity index (χ0n) is 13.4. The summed E-state index contributed by atoms with van der Waals surface area (Å²) < 4.78 is 0. The average molecular weight is 332 g/mol. The lowest BCUT2D eigenvalue weighted by molar-refractivity contribution is -0.119. The lowest BCUT2D eigenvalue weighted by atomic mass is 10.1. The molecule has 1 amide bonds. The summed E-state index contributed by atoms with van der Waals surface area (Å²) in [6, 6.07) is 7.54. The van der Waals surface area contributed by atoms with Crippen LogP contribution in [0.3, 0.4) is 0 Å². The van der Waals surface area contributed by atoms with E-state index >= 15 is 0 Å². The maximum absolute atomic E-state index is 12.5. The molecular formula is C18H22ClN3O. The first-order chi connectivity index (χ1) is 11.2. The van der Waals surface area contributed by atoms with Crippen molar-refractivity contribution >= 4 is 23.2 Å². The van der Waals surface area contributed by atoms with Crippen molar-refractivity contribution in [2.45, 2.75) is 45.4 Å². The first-order valence-electron chi connectivity index (χ1n) is 8.33. The molecule has 2 N–H and O–H groups in total. The van der Waals surface area contributed by atoms with Gasteiger partial charge in [-0.3, -0.25) is 9.89 Å². The maximum Gasteiger partial charge on any atom is 0.227 e. The highest BCUT2D eigenvalue weighted by Crippen LogP contribution is 2.32. The molecule has 0 saturated heterocycles. The van der Waals surface area contributed by atoms with Crippen LogP contribution in [0.5, 0.6) is 0 Å². The van der Waals surface area contributed by atoms with Gasteiger partial charge in [-0.05, 0) is 31.4 Å². The van der Waals surface area contributed by atoms with Crippen LogP contribution in [0, 0.1) is 5.92 Å². The number of aromatic amines is 1. The Morgan fingerprint density at radius 3 is 2.65 bits per heavy atom. The van der Waals surface area contributed by atoms with Gasteiger partial charge in [0.25, 0.3) is 0 Å². The number of hydrogen-bond donors (Lipinski definition) is 2. The van der Waals surface area contributed by atoms with Crippen molar-refractivity contribution < 1.29 is 4.79 Å². The Morgan fingerprint density at radius 1 is 1.30 bits per heavy atom. The molecule has 0 radical (unpaired) electrons. The van der Waals surface area contributed by atoms with Crippen molar-refractivity contribution in [3.63, 3.8) is 0 Å². The third-order valence-corrected chi connectivity index (χ3v) is 4.69. The van der Waals surface area contributed by atoms with Crippen molar-refractivity contribution in [1.29, 1.82) is 0 Å². The zero-order chi connectivity index (χ0) is 16.2. The van der Waals surface area contributed by atoms with Gasteiger partial charge in [0.1, 0.15) is 5.69 Å². The van der Waals surface area contributed by atoms with E-state index in [0.29, 0.717) is 5.02 Å². The van der Waals surface area contributed by atoms with Crippen molar-refractivity contribution in [1.82, 2.24) is 10.2 Å². The van der Waals surface area contributed by atoms with Crippen molar-refractivity contribution in [3.05, 3.63) is 35.0 Å². The highest BCUT2D eigenvalue weighted by Gasteiger charge is 2.25. The summed E-state index contributed by atoms with van der Waals surface area (Å²) >= 11 is 5.97. The molecule has 1 aliphatic carbocycles. The molecule has 5 heteroatoms. The first kappa shape index (κ1) is 16.1. The topological polar surface area (TPSA) is 57.8 Å². The third kappa shape index (κ3) is 3.58. The second-order valence-corrected chi connectivity index (χ2v) is 6.59. The SMILES string of the molecule is CCCc1[nH]nc(-c2ccc(Cl)cc2)c1NC(=O)C1CCCC1. The molecule has 0 unspecified atom stereocenters. The van der Waals surface area contributed by atoms with Crippen LogP contribution in [0.25, 0.3) is 11.3 Å². The Morgan fingerprint density at radius 2 is 2.00 bits per heavy atom. The van der Waals surface area contributed by atoms with Crippen LogP contribution in [-0.2, 0) is 11.2 Å². The van der Waals surface area contributed by atoms with Gasteiger partial charge in [-0.2, -0.15) is 5.10 Å². The summed E-state index contributed by atoms with van der Waals surface area (Å²) in [4.78, 5) is 12.5. The zero-order valence-corrected chi connectivity index (χ0v) is 14.1. The number of carbonyl (C=O) groups is 1. The fourth-order valence-electron chi connectivity index (χ4n) is 3.17. The monoisotopic (exact) mass is 331 g/mol. The van der Waals surface area contributed by atoms with E-state index < -0.39 is 0 Å². The summed E-state index contributed by atoms with van der Waals surface area (Å²) in [5.74, 6) is 0.258. The molecule has 0 aliphatic heterocycles. The second kappa shape index (κ2) is 7.18. The minimum Gasteiger partial charge on any atom is -0.322 e. The number of H-pyrrole nitrogens is 1. The van der Waals surface area contributed by atoms with E-state index in [4.69, 9.17) is 11.6 Å². The molecule has 0 spiro atoms. The Balaban J connectivity index is 1.90. The first-order valence-corrected chi connectivity index (χ1v) is 8.71. The number of hydrogen-bond acceptors (Lipinski definition) is 2. The molecule has 3 rings (SSSR count). The third-order valence-electron chi connectivity index (χ3n) is 4.43. The summed E-state index contributed by atoms with van der Waals surface area (Å²) in [5, 5.41) is 11.3. The molecule has 1 saturated carbocycles. The number of benzene rings is 1. The van der Waals surface area contributed by atoms with Crippen molar-refractivity contribution in [3.8, 4) is 11.3 Å². The van der Waals surface area contributed by atoms with Gasteiger partial charge in [-0.25, -0.2) is 0 Å². The van der Waals surface area contributed by atoms with Crippen LogP contribution in [0.4, 0.5) is 5.69 Å². The number of aromatic nitrogens is 2. The van der Waals surface area contributed by atoms with E-state index in [0.717, 1.165) is 61.2 Å². The normalized spacial score (nSPS) is 15.0. The predicted octanol–water partition coefficient (Wildman–Crippen LogP) is 4.81. The number of nitrogens with zero attached hydrogens (tertiary/aromatic N) is 1. The van der Waals surface area contributed by atoms with E-state index in [-0.39, 0.29) is 11.8 Å². The molecule has 2 aromatic rings. The van der Waals surface area contributed by atoms with Crippen LogP contribution >= 0.6 is 11.6 Å². The minimum atomic E-state index is 0.122. The molecule has 1 heterocycles. The number of aryl methyl sites for hydroxylation is 1. The predicted molar refractivity (Wildman–Crippen MR) is 93.6 cm³/mol. The van der Waals surface area contributed by atoms with Crippen molar-refractivity contribution in [2.24, 2.45) is 5.92 Å². The fourth-order valence-corrected chi connectivity index (χ4v) is 3.30. The highest BCUT2D eigenvalue weighted by molar-refractivity contribution is 6.30. The number of carbonyl (C=O) groups excluding carboxylic acids is 1. The fraction of sp³-hybridized carbons (Fsp3) is 0.444. The second-order valence-electron chi connectivity index (χ2n) is 6.15. The molecule has 4 nitrogen and oxygen atoms in total. The van der Waals surface area contributed by atoms with Crippen molar-refractivity contribution in [2.75, 3.05) is 5.32 Å². The maximum atomic E-state index is 12.5. The molecule has 0 atom stereocenters. The van der Waals surface area contributed by atoms with E-state index in [1.807, 2.05) is 24.3 Å². The molecule has 1 aliphatic rings. The molecule has 0 bridgehead atoms. The Labute approximate surface area is 141 Å². The van der Waals surface area contributed by atoms with Gasteiger partial charge in [-0.1, -0.05) is 49.9 Å². The number of rotatable bonds is 5. The van der Waals surface area contributed by atoms with Crippen LogP contribution < -0.4 is 5.32 Å². The van der Waals surface area contributed by atoms with Crippen LogP contribution in [-0.4, -0.2) is 16.1 Å². The Bertz CT molecular complexity index is 672. The lowest BCUT2D eigenvalue weighted by Crippen LogP contribution is -2.21. The van der Waals surface area contributed by atoms with Crippen LogP contribution in [0.15, 0.2) is 24.3 Å². The molecule has 1 aromatic carbocycles. The quantitative estimate of drug-likeness (QED) is 0.825. The number of nitrogens with one attached hydrogen (secondary N) is 2. The van der Waals surface area contributed by atoms with Gasteiger partial charge in [0.05, 0.1) is 11.4 Å². The molecule has 122 valence electrons. The van der Waals surface area contributed by atoms with E-state index in [2.05, 4.69) is 22.4 Å². The van der Waals surface area contributed by atoms with Crippen LogP contribution in [0.1, 0.15) is 44.7 Å². The standard InChI is InChI=1S/C18H22ClN3O/c1-2-5-15-17(20-18(23)13-6-3-4-7-13)16(22-21-15)12-8-10-14(19)11-9-12/h8-11,13H,2-7H2,1H3,(H,20,23)(H,21,22). The number of anilines is 1. The summed E-state index contributed by atoms with van der Waals surface area (Å²) in [6.45, 7) is 2.12. The summed E-state index contributed by atoms with van der Waals surface area (Å²) in [7, 11) is 0. The lowest BCUT2D eigenvalue weighted by Gasteiger charge is -2.12. The van der Waals surface area contributed by atoms with Gasteiger partial charge in [0, 0.05) is 16.5 Å². The molecule has 23 heavy (non-hydrogen) atoms. The number of halogens is 1. The van der Waals surface area contributed by atoms with Gasteiger partial charge >= 0.3 is 0 Å². The van der Waals surface area contributed by atoms with Gasteiger partial charge in [0.15, 0.2) is 0 Å². The average Bonchev–Trinajstić information content (AvgIpc) is 3.20. The van der Waals surface area contributed by atoms with Crippen LogP contribution in [0.2, 0.25) is 5.02 Å². The smallest absolute Gasteiger partial charge is 0.227 e. The highest BCUT2D eigenvalue weighted by atomic mass is 35.5. The largest absolute Gasteiger partial charge is 0.322 e. The van der Waals surface area contributed by atoms with E-state index in [1.54, 1.807) is 0 Å². The Hall–Kier alpha value is -1.81. The molecule has 1 fully saturated rings. The van der Waals surface area contributed by atoms with Gasteiger partial charge < -0.3 is 5.32 Å². The minimum absolute atomic E-state index is 0.122. The van der Waals surface area contributed by atoms with E-state index in [1.165, 1.54) is 0 Å². The molecule has 1 aromatic heterocycles. The Kier molecular flexibility index (Phi) is 5.01. The van der Waals surface area contributed by atoms with E-state index in [9.17, 15) is 4.79 Å². The van der Waals surface area contributed by atoms with Gasteiger partial charge in [0.2, 0.25) is 5.91 Å². The summed E-state index contributed by atoms with van der Waals surface area (Å²) in [5.41, 5.74) is 3.56. The summed E-state index contributed by atoms with van der Waals surface area (Å²) in [6.07, 6.45) is 6.13.